The Morgan fingerprint density at radius 2 is 2.21 bits per heavy atom. The number of benzene rings is 1. The van der Waals surface area contributed by atoms with Crippen LogP contribution in [0.1, 0.15) is 0 Å². The van der Waals surface area contributed by atoms with Gasteiger partial charge >= 0.3 is 0 Å². The Morgan fingerprint density at radius 3 is 2.86 bits per heavy atom. The van der Waals surface area contributed by atoms with Gasteiger partial charge in [-0.3, -0.25) is 0 Å². The maximum atomic E-state index is 5.31. The van der Waals surface area contributed by atoms with Crippen molar-refractivity contribution in [3.8, 4) is 5.75 Å². The van der Waals surface area contributed by atoms with Gasteiger partial charge in [0.2, 0.25) is 0 Å². The zero-order chi connectivity index (χ0) is 10.1. The van der Waals surface area contributed by atoms with E-state index in [1.807, 2.05) is 6.26 Å². The molecular weight excluding hydrogens is 232 g/mol. The van der Waals surface area contributed by atoms with Crippen LogP contribution in [0.5, 0.6) is 5.75 Å². The second-order valence-electron chi connectivity index (χ2n) is 2.82. The van der Waals surface area contributed by atoms with Crippen LogP contribution in [0.4, 0.5) is 0 Å². The molecule has 0 radical (unpaired) electrons. The van der Waals surface area contributed by atoms with Crippen LogP contribution in [0.2, 0.25) is 0 Å². The molecule has 1 aromatic heterocycles. The topological polar surface area (TPSA) is 9.23 Å². The van der Waals surface area contributed by atoms with E-state index >= 15 is 0 Å². The van der Waals surface area contributed by atoms with E-state index in [1.165, 1.54) is 10.1 Å². The maximum Gasteiger partial charge on any atom is 0.133 e. The molecule has 0 aliphatic heterocycles. The smallest absolute Gasteiger partial charge is 0.133 e. The minimum atomic E-state index is 0.945. The average molecular weight is 242 g/mol. The monoisotopic (exact) mass is 242 g/mol. The predicted molar refractivity (Wildman–Crippen MR) is 67.4 cm³/mol. The summed E-state index contributed by atoms with van der Waals surface area (Å²) in [7, 11) is 1.70. The quantitative estimate of drug-likeness (QED) is 0.631. The van der Waals surface area contributed by atoms with E-state index in [4.69, 9.17) is 4.74 Å². The van der Waals surface area contributed by atoms with Gasteiger partial charge in [0, 0.05) is 25.3 Å². The molecule has 0 saturated carbocycles. The second-order valence-corrected chi connectivity index (χ2v) is 5.07. The fourth-order valence-corrected chi connectivity index (χ4v) is 3.18. The van der Waals surface area contributed by atoms with Gasteiger partial charge in [0.1, 0.15) is 5.75 Å². The molecule has 2 aromatic rings. The van der Waals surface area contributed by atoms with E-state index in [0.717, 1.165) is 15.5 Å². The lowest BCUT2D eigenvalue weighted by atomic mass is 10.2. The van der Waals surface area contributed by atoms with Crippen molar-refractivity contribution < 1.29 is 4.74 Å². The standard InChI is InChI=1S/C10H10OS3/c1-11-7-4-9-6(3-10(7)13-2)8(12)5-14-9/h3-5,12H,1-2H3. The highest BCUT2D eigenvalue weighted by Crippen LogP contribution is 2.37. The van der Waals surface area contributed by atoms with Gasteiger partial charge in [0.15, 0.2) is 0 Å². The summed E-state index contributed by atoms with van der Waals surface area (Å²) >= 11 is 7.80. The SMILES string of the molecule is COc1cc2scc(S)c2cc1SC. The summed E-state index contributed by atoms with van der Waals surface area (Å²) in [6, 6.07) is 4.21. The Balaban J connectivity index is 2.71. The largest absolute Gasteiger partial charge is 0.496 e. The zero-order valence-electron chi connectivity index (χ0n) is 7.90. The Morgan fingerprint density at radius 1 is 1.43 bits per heavy atom. The van der Waals surface area contributed by atoms with Gasteiger partial charge in [-0.2, -0.15) is 0 Å². The van der Waals surface area contributed by atoms with E-state index in [-0.39, 0.29) is 0 Å². The first-order valence-electron chi connectivity index (χ1n) is 4.08. The first-order chi connectivity index (χ1) is 6.76. The molecule has 0 spiro atoms. The van der Waals surface area contributed by atoms with Crippen molar-refractivity contribution in [3.63, 3.8) is 0 Å². The third kappa shape index (κ3) is 1.62. The second kappa shape index (κ2) is 4.04. The van der Waals surface area contributed by atoms with Gasteiger partial charge in [0.05, 0.1) is 7.11 Å². The van der Waals surface area contributed by atoms with Crippen LogP contribution in [0.25, 0.3) is 10.1 Å². The molecule has 0 unspecified atom stereocenters. The third-order valence-corrected chi connectivity index (χ3v) is 4.31. The summed E-state index contributed by atoms with van der Waals surface area (Å²) in [6.07, 6.45) is 2.05. The normalized spacial score (nSPS) is 10.8. The Bertz CT molecular complexity index is 462. The summed E-state index contributed by atoms with van der Waals surface area (Å²) in [5.74, 6) is 0.945. The molecule has 14 heavy (non-hydrogen) atoms. The van der Waals surface area contributed by atoms with Crippen LogP contribution in [0.3, 0.4) is 0 Å². The minimum absolute atomic E-state index is 0.945. The number of ether oxygens (including phenoxy) is 1. The molecule has 0 saturated heterocycles. The van der Waals surface area contributed by atoms with Crippen molar-refractivity contribution in [2.75, 3.05) is 13.4 Å². The lowest BCUT2D eigenvalue weighted by Gasteiger charge is -2.06. The lowest BCUT2D eigenvalue weighted by Crippen LogP contribution is -1.85. The number of rotatable bonds is 2. The van der Waals surface area contributed by atoms with E-state index in [1.54, 1.807) is 30.2 Å². The summed E-state index contributed by atoms with van der Waals surface area (Å²) in [5, 5.41) is 3.26. The van der Waals surface area contributed by atoms with Gasteiger partial charge in [-0.25, -0.2) is 0 Å². The molecule has 1 aromatic carbocycles. The molecule has 0 amide bonds. The van der Waals surface area contributed by atoms with Crippen LogP contribution in [0, 0.1) is 0 Å². The highest BCUT2D eigenvalue weighted by atomic mass is 32.2. The van der Waals surface area contributed by atoms with Crippen molar-refractivity contribution in [1.29, 1.82) is 0 Å². The molecule has 74 valence electrons. The minimum Gasteiger partial charge on any atom is -0.496 e. The van der Waals surface area contributed by atoms with Crippen molar-refractivity contribution in [3.05, 3.63) is 17.5 Å². The van der Waals surface area contributed by atoms with Crippen molar-refractivity contribution >= 4 is 45.8 Å². The third-order valence-electron chi connectivity index (χ3n) is 2.06. The fraction of sp³-hybridized carbons (Fsp3) is 0.200. The van der Waals surface area contributed by atoms with E-state index < -0.39 is 0 Å². The number of hydrogen-bond donors (Lipinski definition) is 1. The number of thiophene rings is 1. The highest BCUT2D eigenvalue weighted by molar-refractivity contribution is 7.98. The van der Waals surface area contributed by atoms with E-state index in [2.05, 4.69) is 30.1 Å². The summed E-state index contributed by atoms with van der Waals surface area (Å²) < 4.78 is 6.54. The molecule has 0 atom stereocenters. The van der Waals surface area contributed by atoms with Crippen LogP contribution in [-0.2, 0) is 0 Å². The Labute approximate surface area is 96.9 Å². The molecule has 2 rings (SSSR count). The molecule has 0 fully saturated rings. The van der Waals surface area contributed by atoms with Gasteiger partial charge in [0.25, 0.3) is 0 Å². The molecular formula is C10H10OS3. The summed E-state index contributed by atoms with van der Waals surface area (Å²) in [4.78, 5) is 2.21. The molecule has 0 aliphatic carbocycles. The average Bonchev–Trinajstić information content (AvgIpc) is 2.58. The van der Waals surface area contributed by atoms with E-state index in [9.17, 15) is 0 Å². The first kappa shape index (κ1) is 10.2. The highest BCUT2D eigenvalue weighted by Gasteiger charge is 2.07. The maximum absolute atomic E-state index is 5.31. The number of methoxy groups -OCH3 is 1. The lowest BCUT2D eigenvalue weighted by molar-refractivity contribution is 0.405. The zero-order valence-corrected chi connectivity index (χ0v) is 10.4. The molecule has 0 N–H and O–H groups in total. The van der Waals surface area contributed by atoms with Gasteiger partial charge in [-0.05, 0) is 18.4 Å². The number of thiol groups is 1. The summed E-state index contributed by atoms with van der Waals surface area (Å²) in [6.45, 7) is 0. The van der Waals surface area contributed by atoms with Crippen LogP contribution in [-0.4, -0.2) is 13.4 Å². The summed E-state index contributed by atoms with van der Waals surface area (Å²) in [5.41, 5.74) is 0. The van der Waals surface area contributed by atoms with Gasteiger partial charge < -0.3 is 4.74 Å². The number of fused-ring (bicyclic) bond motifs is 1. The molecule has 0 aliphatic rings. The van der Waals surface area contributed by atoms with Gasteiger partial charge in [-0.15, -0.1) is 35.7 Å². The fourth-order valence-electron chi connectivity index (χ4n) is 1.34. The van der Waals surface area contributed by atoms with Crippen LogP contribution >= 0.6 is 35.7 Å². The molecule has 0 bridgehead atoms. The number of hydrogen-bond acceptors (Lipinski definition) is 4. The number of thioether (sulfide) groups is 1. The first-order valence-corrected chi connectivity index (χ1v) is 6.63. The Kier molecular flexibility index (Phi) is 2.95. The molecule has 1 heterocycles. The van der Waals surface area contributed by atoms with Gasteiger partial charge in [-0.1, -0.05) is 0 Å². The van der Waals surface area contributed by atoms with Crippen LogP contribution in [0.15, 0.2) is 27.3 Å². The molecule has 4 heteroatoms. The Hall–Kier alpha value is -0.320. The van der Waals surface area contributed by atoms with Crippen molar-refractivity contribution in [2.45, 2.75) is 9.79 Å². The van der Waals surface area contributed by atoms with Crippen LogP contribution < -0.4 is 4.74 Å². The van der Waals surface area contributed by atoms with Crippen molar-refractivity contribution in [2.24, 2.45) is 0 Å². The molecule has 1 nitrogen and oxygen atoms in total. The van der Waals surface area contributed by atoms with Crippen molar-refractivity contribution in [1.82, 2.24) is 0 Å². The predicted octanol–water partition coefficient (Wildman–Crippen LogP) is 3.92. The van der Waals surface area contributed by atoms with E-state index in [0.29, 0.717) is 0 Å².